The van der Waals surface area contributed by atoms with Gasteiger partial charge in [-0.05, 0) is 12.0 Å². The first-order valence-corrected chi connectivity index (χ1v) is 7.24. The van der Waals surface area contributed by atoms with Crippen LogP contribution in [0.15, 0.2) is 30.3 Å². The molecule has 1 aromatic rings. The van der Waals surface area contributed by atoms with E-state index >= 15 is 0 Å². The summed E-state index contributed by atoms with van der Waals surface area (Å²) in [6, 6.07) is 9.13. The summed E-state index contributed by atoms with van der Waals surface area (Å²) in [5.41, 5.74) is 0.452. The van der Waals surface area contributed by atoms with Gasteiger partial charge in [-0.1, -0.05) is 58.0 Å². The standard InChI is InChI=1S/C17H25NO3/c1-6-14(15(19)21-5)18(16(20)17(2,3)4)12-13-10-8-7-9-11-13/h7-11,14H,6,12H2,1-5H3/t14-/m0/s1. The van der Waals surface area contributed by atoms with E-state index in [1.807, 2.05) is 58.0 Å². The summed E-state index contributed by atoms with van der Waals surface area (Å²) >= 11 is 0. The molecule has 0 bridgehead atoms. The number of hydrogen-bond acceptors (Lipinski definition) is 3. The molecule has 0 aliphatic heterocycles. The highest BCUT2D eigenvalue weighted by Gasteiger charge is 2.35. The van der Waals surface area contributed by atoms with Crippen LogP contribution in [0.1, 0.15) is 39.7 Å². The SMILES string of the molecule is CC[C@@H](C(=O)OC)N(Cc1ccccc1)C(=O)C(C)(C)C. The van der Waals surface area contributed by atoms with E-state index in [0.29, 0.717) is 13.0 Å². The van der Waals surface area contributed by atoms with Gasteiger partial charge in [0.15, 0.2) is 0 Å². The Labute approximate surface area is 127 Å². The molecule has 116 valence electrons. The van der Waals surface area contributed by atoms with Crippen LogP contribution in [-0.2, 0) is 20.9 Å². The molecule has 0 N–H and O–H groups in total. The second-order valence-electron chi connectivity index (χ2n) is 6.12. The largest absolute Gasteiger partial charge is 0.467 e. The van der Waals surface area contributed by atoms with E-state index in [0.717, 1.165) is 5.56 Å². The number of hydrogen-bond donors (Lipinski definition) is 0. The zero-order valence-electron chi connectivity index (χ0n) is 13.6. The van der Waals surface area contributed by atoms with Crippen molar-refractivity contribution in [3.05, 3.63) is 35.9 Å². The Kier molecular flexibility index (Phi) is 5.94. The van der Waals surface area contributed by atoms with Gasteiger partial charge in [-0.2, -0.15) is 0 Å². The summed E-state index contributed by atoms with van der Waals surface area (Å²) < 4.78 is 4.85. The van der Waals surface area contributed by atoms with Gasteiger partial charge in [-0.25, -0.2) is 4.79 Å². The molecular weight excluding hydrogens is 266 g/mol. The monoisotopic (exact) mass is 291 g/mol. The van der Waals surface area contributed by atoms with Crippen LogP contribution in [0.2, 0.25) is 0 Å². The minimum atomic E-state index is -0.554. The lowest BCUT2D eigenvalue weighted by Crippen LogP contribution is -2.49. The molecular formula is C17H25NO3. The van der Waals surface area contributed by atoms with Crippen LogP contribution in [-0.4, -0.2) is 29.9 Å². The number of nitrogens with zero attached hydrogens (tertiary/aromatic N) is 1. The average molecular weight is 291 g/mol. The maximum absolute atomic E-state index is 12.7. The number of carbonyl (C=O) groups is 2. The number of ether oxygens (including phenoxy) is 1. The highest BCUT2D eigenvalue weighted by molar-refractivity contribution is 5.87. The molecule has 0 saturated heterocycles. The van der Waals surface area contributed by atoms with Crippen LogP contribution in [0.25, 0.3) is 0 Å². The molecule has 0 unspecified atom stereocenters. The van der Waals surface area contributed by atoms with Gasteiger partial charge in [0.05, 0.1) is 7.11 Å². The average Bonchev–Trinajstić information content (AvgIpc) is 2.46. The minimum absolute atomic E-state index is 0.0522. The second kappa shape index (κ2) is 7.25. The highest BCUT2D eigenvalue weighted by atomic mass is 16.5. The first kappa shape index (κ1) is 17.2. The van der Waals surface area contributed by atoms with Gasteiger partial charge in [-0.3, -0.25) is 4.79 Å². The number of carbonyl (C=O) groups excluding carboxylic acids is 2. The zero-order valence-corrected chi connectivity index (χ0v) is 13.6. The third kappa shape index (κ3) is 4.59. The first-order valence-electron chi connectivity index (χ1n) is 7.24. The molecule has 0 aliphatic carbocycles. The Hall–Kier alpha value is -1.84. The van der Waals surface area contributed by atoms with Crippen LogP contribution in [0.4, 0.5) is 0 Å². The Morgan fingerprint density at radius 3 is 2.19 bits per heavy atom. The van der Waals surface area contributed by atoms with Crippen molar-refractivity contribution in [2.45, 2.75) is 46.7 Å². The molecule has 0 fully saturated rings. The van der Waals surface area contributed by atoms with Gasteiger partial charge in [0, 0.05) is 12.0 Å². The van der Waals surface area contributed by atoms with Gasteiger partial charge in [0.1, 0.15) is 6.04 Å². The Balaban J connectivity index is 3.10. The maximum Gasteiger partial charge on any atom is 0.328 e. The fraction of sp³-hybridized carbons (Fsp3) is 0.529. The van der Waals surface area contributed by atoms with Crippen LogP contribution in [0, 0.1) is 5.41 Å². The van der Waals surface area contributed by atoms with Crippen molar-refractivity contribution in [2.75, 3.05) is 7.11 Å². The van der Waals surface area contributed by atoms with Crippen molar-refractivity contribution in [1.82, 2.24) is 4.90 Å². The molecule has 1 aromatic carbocycles. The van der Waals surface area contributed by atoms with E-state index in [1.54, 1.807) is 4.90 Å². The molecule has 21 heavy (non-hydrogen) atoms. The van der Waals surface area contributed by atoms with Crippen LogP contribution >= 0.6 is 0 Å². The molecule has 0 radical (unpaired) electrons. The lowest BCUT2D eigenvalue weighted by Gasteiger charge is -2.34. The van der Waals surface area contributed by atoms with E-state index in [4.69, 9.17) is 4.74 Å². The Morgan fingerprint density at radius 1 is 1.19 bits per heavy atom. The van der Waals surface area contributed by atoms with Crippen molar-refractivity contribution in [3.8, 4) is 0 Å². The first-order chi connectivity index (χ1) is 9.81. The normalized spacial score (nSPS) is 12.6. The number of benzene rings is 1. The third-order valence-corrected chi connectivity index (χ3v) is 3.33. The Bertz CT molecular complexity index is 477. The van der Waals surface area contributed by atoms with Crippen LogP contribution in [0.3, 0.4) is 0 Å². The van der Waals surface area contributed by atoms with Crippen molar-refractivity contribution in [3.63, 3.8) is 0 Å². The lowest BCUT2D eigenvalue weighted by atomic mass is 9.93. The molecule has 0 saturated carbocycles. The van der Waals surface area contributed by atoms with Crippen molar-refractivity contribution in [1.29, 1.82) is 0 Å². The van der Waals surface area contributed by atoms with Crippen LogP contribution in [0.5, 0.6) is 0 Å². The maximum atomic E-state index is 12.7. The number of methoxy groups -OCH3 is 1. The fourth-order valence-corrected chi connectivity index (χ4v) is 2.18. The quantitative estimate of drug-likeness (QED) is 0.783. The summed E-state index contributed by atoms with van der Waals surface area (Å²) in [4.78, 5) is 26.3. The van der Waals surface area contributed by atoms with Crippen molar-refractivity contribution >= 4 is 11.9 Å². The van der Waals surface area contributed by atoms with E-state index in [2.05, 4.69) is 0 Å². The summed E-state index contributed by atoms with van der Waals surface area (Å²) in [6.45, 7) is 7.87. The smallest absolute Gasteiger partial charge is 0.328 e. The summed E-state index contributed by atoms with van der Waals surface area (Å²) in [5.74, 6) is -0.422. The van der Waals surface area contributed by atoms with Gasteiger partial charge in [0.25, 0.3) is 0 Å². The molecule has 1 atom stereocenters. The Morgan fingerprint density at radius 2 is 1.76 bits per heavy atom. The number of esters is 1. The molecule has 0 aliphatic rings. The topological polar surface area (TPSA) is 46.6 Å². The molecule has 1 rings (SSSR count). The summed E-state index contributed by atoms with van der Waals surface area (Å²) in [5, 5.41) is 0. The molecule has 0 heterocycles. The van der Waals surface area contributed by atoms with Gasteiger partial charge < -0.3 is 9.64 Å². The van der Waals surface area contributed by atoms with Gasteiger partial charge in [-0.15, -0.1) is 0 Å². The zero-order chi connectivity index (χ0) is 16.0. The van der Waals surface area contributed by atoms with Crippen LogP contribution < -0.4 is 0 Å². The van der Waals surface area contributed by atoms with Crippen molar-refractivity contribution < 1.29 is 14.3 Å². The predicted octanol–water partition coefficient (Wildman–Crippen LogP) is 3.01. The van der Waals surface area contributed by atoms with E-state index in [9.17, 15) is 9.59 Å². The predicted molar refractivity (Wildman–Crippen MR) is 82.5 cm³/mol. The van der Waals surface area contributed by atoms with Gasteiger partial charge >= 0.3 is 5.97 Å². The van der Waals surface area contributed by atoms with Crippen molar-refractivity contribution in [2.24, 2.45) is 5.41 Å². The fourth-order valence-electron chi connectivity index (χ4n) is 2.18. The minimum Gasteiger partial charge on any atom is -0.467 e. The van der Waals surface area contributed by atoms with E-state index in [-0.39, 0.29) is 11.9 Å². The molecule has 0 aromatic heterocycles. The third-order valence-electron chi connectivity index (χ3n) is 3.33. The lowest BCUT2D eigenvalue weighted by molar-refractivity contribution is -0.157. The molecule has 4 nitrogen and oxygen atoms in total. The number of amides is 1. The van der Waals surface area contributed by atoms with E-state index < -0.39 is 11.5 Å². The summed E-state index contributed by atoms with van der Waals surface area (Å²) in [6.07, 6.45) is 0.529. The van der Waals surface area contributed by atoms with E-state index in [1.165, 1.54) is 7.11 Å². The second-order valence-corrected chi connectivity index (χ2v) is 6.12. The molecule has 0 spiro atoms. The number of rotatable bonds is 5. The highest BCUT2D eigenvalue weighted by Crippen LogP contribution is 2.23. The molecule has 4 heteroatoms. The van der Waals surface area contributed by atoms with Gasteiger partial charge in [0.2, 0.25) is 5.91 Å². The summed E-state index contributed by atoms with van der Waals surface area (Å²) in [7, 11) is 1.35. The molecule has 1 amide bonds.